The van der Waals surface area contributed by atoms with Crippen molar-refractivity contribution >= 4 is 21.6 Å². The summed E-state index contributed by atoms with van der Waals surface area (Å²) in [4.78, 5) is 18.3. The van der Waals surface area contributed by atoms with E-state index in [0.29, 0.717) is 38.3 Å². The molecule has 1 fully saturated rings. The Kier molecular flexibility index (Phi) is 7.52. The first kappa shape index (κ1) is 24.9. The molecule has 0 bridgehead atoms. The van der Waals surface area contributed by atoms with Crippen molar-refractivity contribution in [3.63, 3.8) is 0 Å². The van der Waals surface area contributed by atoms with Crippen molar-refractivity contribution in [1.29, 1.82) is 0 Å². The lowest BCUT2D eigenvalue weighted by atomic mass is 9.73. The number of carbonyl (C=O) groups is 1. The van der Waals surface area contributed by atoms with Crippen LogP contribution < -0.4 is 10.1 Å². The molecule has 1 amide bonds. The fourth-order valence-electron chi connectivity index (χ4n) is 4.32. The first-order chi connectivity index (χ1) is 16.8. The second kappa shape index (κ2) is 10.6. The molecule has 0 unspecified atom stereocenters. The lowest BCUT2D eigenvalue weighted by Crippen LogP contribution is -2.45. The zero-order valence-corrected chi connectivity index (χ0v) is 20.8. The highest BCUT2D eigenvalue weighted by Crippen LogP contribution is 2.37. The van der Waals surface area contributed by atoms with Gasteiger partial charge >= 0.3 is 0 Å². The summed E-state index contributed by atoms with van der Waals surface area (Å²) in [5, 5.41) is 3.03. The lowest BCUT2D eigenvalue weighted by molar-refractivity contribution is -0.125. The van der Waals surface area contributed by atoms with Gasteiger partial charge in [-0.1, -0.05) is 42.5 Å². The Balaban J connectivity index is 1.53. The second-order valence-corrected chi connectivity index (χ2v) is 11.1. The Morgan fingerprint density at radius 2 is 1.71 bits per heavy atom. The van der Waals surface area contributed by atoms with Crippen LogP contribution in [0, 0.1) is 0 Å². The van der Waals surface area contributed by atoms with Gasteiger partial charge in [0.25, 0.3) is 0 Å². The number of sulfone groups is 1. The Morgan fingerprint density at radius 3 is 2.34 bits per heavy atom. The number of anilines is 1. The summed E-state index contributed by atoms with van der Waals surface area (Å²) >= 11 is 0. The van der Waals surface area contributed by atoms with Crippen LogP contribution in [0.15, 0.2) is 66.7 Å². The fourth-order valence-corrected chi connectivity index (χ4v) is 4.93. The van der Waals surface area contributed by atoms with Crippen LogP contribution in [0.2, 0.25) is 0 Å². The monoisotopic (exact) mass is 494 g/mol. The molecule has 1 aliphatic heterocycles. The van der Waals surface area contributed by atoms with E-state index < -0.39 is 15.3 Å². The van der Waals surface area contributed by atoms with Gasteiger partial charge < -0.3 is 14.8 Å². The van der Waals surface area contributed by atoms with Crippen LogP contribution >= 0.6 is 0 Å². The molecule has 2 heterocycles. The molecule has 184 valence electrons. The lowest BCUT2D eigenvalue weighted by Gasteiger charge is -2.36. The van der Waals surface area contributed by atoms with Gasteiger partial charge in [-0.15, -0.1) is 0 Å². The third-order valence-corrected chi connectivity index (χ3v) is 7.37. The zero-order valence-electron chi connectivity index (χ0n) is 20.0. The molecule has 7 nitrogen and oxygen atoms in total. The highest BCUT2D eigenvalue weighted by Gasteiger charge is 2.42. The van der Waals surface area contributed by atoms with Crippen molar-refractivity contribution in [1.82, 2.24) is 4.98 Å². The highest BCUT2D eigenvalue weighted by molar-refractivity contribution is 7.90. The number of nitrogens with one attached hydrogen (secondary N) is 1. The van der Waals surface area contributed by atoms with Gasteiger partial charge in [0.15, 0.2) is 0 Å². The van der Waals surface area contributed by atoms with Gasteiger partial charge in [0.1, 0.15) is 21.4 Å². The van der Waals surface area contributed by atoms with Crippen molar-refractivity contribution in [2.45, 2.75) is 24.7 Å². The Hall–Kier alpha value is -3.23. The molecule has 1 N–H and O–H groups in total. The van der Waals surface area contributed by atoms with Gasteiger partial charge in [0.05, 0.1) is 24.0 Å². The van der Waals surface area contributed by atoms with Gasteiger partial charge in [-0.2, -0.15) is 0 Å². The minimum atomic E-state index is -3.01. The van der Waals surface area contributed by atoms with Crippen LogP contribution in [-0.4, -0.2) is 51.6 Å². The Morgan fingerprint density at radius 1 is 1.03 bits per heavy atom. The molecule has 0 saturated carbocycles. The van der Waals surface area contributed by atoms with E-state index in [0.717, 1.165) is 28.1 Å². The first-order valence-corrected chi connectivity index (χ1v) is 13.6. The van der Waals surface area contributed by atoms with E-state index in [1.54, 1.807) is 13.2 Å². The molecular weight excluding hydrogens is 464 g/mol. The third kappa shape index (κ3) is 6.07. The topological polar surface area (TPSA) is 94.6 Å². The fraction of sp³-hybridized carbons (Fsp3) is 0.333. The molecular formula is C27H30N2O5S. The predicted octanol–water partition coefficient (Wildman–Crippen LogP) is 4.03. The number of benzene rings is 2. The molecule has 1 aromatic heterocycles. The SMILES string of the molecule is COc1ccc(C2(C(=O)Nc3cccc(-c4ccc(CCS(C)(=O)=O)cc4)n3)CCOCC2)cc1. The molecule has 1 saturated heterocycles. The minimum absolute atomic E-state index is 0.105. The van der Waals surface area contributed by atoms with Crippen LogP contribution in [-0.2, 0) is 31.2 Å². The summed E-state index contributed by atoms with van der Waals surface area (Å²) in [5.74, 6) is 1.24. The van der Waals surface area contributed by atoms with Crippen molar-refractivity contribution < 1.29 is 22.7 Å². The van der Waals surface area contributed by atoms with E-state index in [-0.39, 0.29) is 11.7 Å². The molecule has 4 rings (SSSR count). The van der Waals surface area contributed by atoms with Gasteiger partial charge in [0.2, 0.25) is 5.91 Å². The van der Waals surface area contributed by atoms with E-state index in [9.17, 15) is 13.2 Å². The Labute approximate surface area is 206 Å². The molecule has 0 atom stereocenters. The molecule has 8 heteroatoms. The first-order valence-electron chi connectivity index (χ1n) is 11.6. The van der Waals surface area contributed by atoms with E-state index in [4.69, 9.17) is 9.47 Å². The van der Waals surface area contributed by atoms with Crippen LogP contribution in [0.4, 0.5) is 5.82 Å². The summed E-state index contributed by atoms with van der Waals surface area (Å²) < 4.78 is 33.7. The van der Waals surface area contributed by atoms with Crippen LogP contribution in [0.5, 0.6) is 5.75 Å². The molecule has 3 aromatic rings. The molecule has 35 heavy (non-hydrogen) atoms. The van der Waals surface area contributed by atoms with Crippen LogP contribution in [0.25, 0.3) is 11.3 Å². The smallest absolute Gasteiger partial charge is 0.236 e. The van der Waals surface area contributed by atoms with E-state index in [1.807, 2.05) is 60.7 Å². The maximum Gasteiger partial charge on any atom is 0.236 e. The summed E-state index contributed by atoms with van der Waals surface area (Å²) in [6.45, 7) is 1.02. The van der Waals surface area contributed by atoms with Gasteiger partial charge in [-0.05, 0) is 54.7 Å². The second-order valence-electron chi connectivity index (χ2n) is 8.86. The number of aryl methyl sites for hydroxylation is 1. The molecule has 2 aromatic carbocycles. The van der Waals surface area contributed by atoms with Crippen LogP contribution in [0.1, 0.15) is 24.0 Å². The Bertz CT molecular complexity index is 1270. The van der Waals surface area contributed by atoms with E-state index >= 15 is 0 Å². The van der Waals surface area contributed by atoms with Crippen LogP contribution in [0.3, 0.4) is 0 Å². The number of hydrogen-bond donors (Lipinski definition) is 1. The minimum Gasteiger partial charge on any atom is -0.497 e. The summed E-state index contributed by atoms with van der Waals surface area (Å²) in [6.07, 6.45) is 2.88. The van der Waals surface area contributed by atoms with Gasteiger partial charge in [0, 0.05) is 25.0 Å². The van der Waals surface area contributed by atoms with Gasteiger partial charge in [-0.25, -0.2) is 13.4 Å². The standard InChI is InChI=1S/C27H30N2O5S/c1-33-23-12-10-22(11-13-23)27(15-17-34-18-16-27)26(30)29-25-5-3-4-24(28-25)21-8-6-20(7-9-21)14-19-35(2,31)32/h3-13H,14-19H2,1-2H3,(H,28,29,30). The average Bonchev–Trinajstić information content (AvgIpc) is 2.88. The largest absolute Gasteiger partial charge is 0.497 e. The summed E-state index contributed by atoms with van der Waals surface area (Å²) in [5.41, 5.74) is 2.79. The number of nitrogens with zero attached hydrogens (tertiary/aromatic N) is 1. The number of carbonyl (C=O) groups excluding carboxylic acids is 1. The quantitative estimate of drug-likeness (QED) is 0.508. The molecule has 1 aliphatic rings. The normalized spacial score (nSPS) is 15.4. The number of pyridine rings is 1. The van der Waals surface area contributed by atoms with Gasteiger partial charge in [-0.3, -0.25) is 4.79 Å². The molecule has 0 spiro atoms. The van der Waals surface area contributed by atoms with Crippen molar-refractivity contribution in [2.24, 2.45) is 0 Å². The predicted molar refractivity (Wildman–Crippen MR) is 136 cm³/mol. The van der Waals surface area contributed by atoms with E-state index in [1.165, 1.54) is 6.26 Å². The molecule has 0 aliphatic carbocycles. The number of aromatic nitrogens is 1. The number of hydrogen-bond acceptors (Lipinski definition) is 6. The zero-order chi connectivity index (χ0) is 24.9. The number of ether oxygens (including phenoxy) is 2. The maximum atomic E-state index is 13.6. The third-order valence-electron chi connectivity index (χ3n) is 6.43. The highest BCUT2D eigenvalue weighted by atomic mass is 32.2. The summed E-state index contributed by atoms with van der Waals surface area (Å²) in [6, 6.07) is 20.8. The maximum absolute atomic E-state index is 13.6. The summed E-state index contributed by atoms with van der Waals surface area (Å²) in [7, 11) is -1.39. The number of methoxy groups -OCH3 is 1. The average molecular weight is 495 g/mol. The van der Waals surface area contributed by atoms with E-state index in [2.05, 4.69) is 10.3 Å². The number of amides is 1. The number of rotatable bonds is 8. The van der Waals surface area contributed by atoms with Crippen molar-refractivity contribution in [3.05, 3.63) is 77.9 Å². The molecule has 0 radical (unpaired) electrons. The van der Waals surface area contributed by atoms with Crippen molar-refractivity contribution in [3.8, 4) is 17.0 Å². The van der Waals surface area contributed by atoms with Crippen molar-refractivity contribution in [2.75, 3.05) is 37.6 Å².